The second-order valence-electron chi connectivity index (χ2n) is 8.97. The van der Waals surface area contributed by atoms with Gasteiger partial charge in [-0.2, -0.15) is 17.8 Å². The van der Waals surface area contributed by atoms with Crippen molar-refractivity contribution in [2.45, 2.75) is 17.7 Å². The van der Waals surface area contributed by atoms with Crippen molar-refractivity contribution in [3.8, 4) is 16.9 Å². The summed E-state index contributed by atoms with van der Waals surface area (Å²) in [5.74, 6) is -1.13. The molecule has 5 rings (SSSR count). The number of rotatable bonds is 8. The molecule has 0 spiro atoms. The van der Waals surface area contributed by atoms with Crippen LogP contribution in [0.2, 0.25) is 0 Å². The standard InChI is InChI=1S/C25H24N4O6S4/c30-24-22(37-25(36)28(24)13-14-38(31,32)33)16-19-17-29(20-8-2-1-3-9-20)26-23(19)18-7-6-10-21(15-18)39(34,35)27-11-4-5-12-27/h1-3,6-10,15-17H,4-5,11-14H2,(H,31,32,33)/b22-16-. The van der Waals surface area contributed by atoms with Gasteiger partial charge in [0.1, 0.15) is 10.0 Å². The molecule has 0 aliphatic carbocycles. The van der Waals surface area contributed by atoms with E-state index in [0.29, 0.717) is 29.9 Å². The first-order valence-electron chi connectivity index (χ1n) is 12.0. The number of carbonyl (C=O) groups excluding carboxylic acids is 1. The van der Waals surface area contributed by atoms with Gasteiger partial charge in [-0.15, -0.1) is 0 Å². The van der Waals surface area contributed by atoms with Crippen LogP contribution in [0.5, 0.6) is 0 Å². The predicted octanol–water partition coefficient (Wildman–Crippen LogP) is 3.41. The number of thiocarbonyl (C=S) groups is 1. The molecule has 1 amide bonds. The van der Waals surface area contributed by atoms with Gasteiger partial charge in [-0.1, -0.05) is 54.3 Å². The highest BCUT2D eigenvalue weighted by atomic mass is 32.2. The van der Waals surface area contributed by atoms with E-state index in [2.05, 4.69) is 0 Å². The van der Waals surface area contributed by atoms with Crippen molar-refractivity contribution >= 4 is 60.4 Å². The maximum atomic E-state index is 13.2. The summed E-state index contributed by atoms with van der Waals surface area (Å²) in [5, 5.41) is 4.73. The monoisotopic (exact) mass is 604 g/mol. The van der Waals surface area contributed by atoms with Crippen LogP contribution in [0.25, 0.3) is 23.0 Å². The molecule has 0 atom stereocenters. The second kappa shape index (κ2) is 10.9. The van der Waals surface area contributed by atoms with Gasteiger partial charge in [-0.3, -0.25) is 14.2 Å². The van der Waals surface area contributed by atoms with Crippen LogP contribution in [0.4, 0.5) is 0 Å². The van der Waals surface area contributed by atoms with Gasteiger partial charge in [-0.25, -0.2) is 13.1 Å². The molecule has 10 nitrogen and oxygen atoms in total. The molecule has 2 saturated heterocycles. The lowest BCUT2D eigenvalue weighted by Crippen LogP contribution is -2.32. The number of nitrogens with zero attached hydrogens (tertiary/aromatic N) is 4. The Labute approximate surface area is 236 Å². The summed E-state index contributed by atoms with van der Waals surface area (Å²) in [6.07, 6.45) is 4.99. The maximum absolute atomic E-state index is 13.2. The fraction of sp³-hybridized carbons (Fsp3) is 0.240. The predicted molar refractivity (Wildman–Crippen MR) is 153 cm³/mol. The number of benzene rings is 2. The van der Waals surface area contributed by atoms with Gasteiger partial charge in [0.15, 0.2) is 0 Å². The van der Waals surface area contributed by atoms with E-state index in [0.717, 1.165) is 35.2 Å². The van der Waals surface area contributed by atoms with Crippen molar-refractivity contribution in [3.63, 3.8) is 0 Å². The van der Waals surface area contributed by atoms with E-state index in [4.69, 9.17) is 21.9 Å². The number of carbonyl (C=O) groups is 1. The summed E-state index contributed by atoms with van der Waals surface area (Å²) in [6.45, 7) is 0.702. The third-order valence-corrected chi connectivity index (χ3v) is 10.3. The minimum absolute atomic E-state index is 0.165. The molecule has 0 bridgehead atoms. The fourth-order valence-electron chi connectivity index (χ4n) is 4.35. The molecule has 1 N–H and O–H groups in total. The number of hydrogen-bond acceptors (Lipinski definition) is 8. The number of hydrogen-bond donors (Lipinski definition) is 1. The van der Waals surface area contributed by atoms with E-state index in [-0.39, 0.29) is 20.7 Å². The van der Waals surface area contributed by atoms with E-state index >= 15 is 0 Å². The van der Waals surface area contributed by atoms with Crippen molar-refractivity contribution in [3.05, 3.63) is 71.3 Å². The number of amides is 1. The molecule has 3 heterocycles. The summed E-state index contributed by atoms with van der Waals surface area (Å²) < 4.78 is 61.2. The lowest BCUT2D eigenvalue weighted by molar-refractivity contribution is -0.121. The van der Waals surface area contributed by atoms with E-state index < -0.39 is 31.8 Å². The summed E-state index contributed by atoms with van der Waals surface area (Å²) in [7, 11) is -7.94. The number of aromatic nitrogens is 2. The van der Waals surface area contributed by atoms with Crippen LogP contribution in [0.15, 0.2) is 70.6 Å². The second-order valence-corrected chi connectivity index (χ2v) is 14.2. The zero-order valence-electron chi connectivity index (χ0n) is 20.5. The molecule has 2 aromatic carbocycles. The fourth-order valence-corrected chi connectivity index (χ4v) is 7.63. The van der Waals surface area contributed by atoms with Gasteiger partial charge >= 0.3 is 0 Å². The number of sulfonamides is 1. The van der Waals surface area contributed by atoms with E-state index in [9.17, 15) is 21.6 Å². The molecule has 3 aromatic rings. The van der Waals surface area contributed by atoms with Gasteiger partial charge in [0, 0.05) is 37.0 Å². The van der Waals surface area contributed by atoms with Gasteiger partial charge in [-0.05, 0) is 43.2 Å². The number of para-hydroxylation sites is 1. The summed E-state index contributed by atoms with van der Waals surface area (Å²) in [6, 6.07) is 15.9. The van der Waals surface area contributed by atoms with Crippen molar-refractivity contribution in [1.82, 2.24) is 19.0 Å². The molecule has 0 unspecified atom stereocenters. The highest BCUT2D eigenvalue weighted by molar-refractivity contribution is 8.26. The van der Waals surface area contributed by atoms with Crippen LogP contribution >= 0.6 is 24.0 Å². The molecular weight excluding hydrogens is 581 g/mol. The normalized spacial score (nSPS) is 18.0. The Balaban J connectivity index is 1.55. The smallest absolute Gasteiger partial charge is 0.266 e. The summed E-state index contributed by atoms with van der Waals surface area (Å²) in [4.78, 5) is 14.6. The Hall–Kier alpha value is -2.88. The Morgan fingerprint density at radius 3 is 2.44 bits per heavy atom. The highest BCUT2D eigenvalue weighted by Gasteiger charge is 2.33. The molecular formula is C25H24N4O6S4. The minimum atomic E-state index is -4.28. The Bertz CT molecular complexity index is 1680. The van der Waals surface area contributed by atoms with Crippen molar-refractivity contribution in [1.29, 1.82) is 0 Å². The quantitative estimate of drug-likeness (QED) is 0.234. The minimum Gasteiger partial charge on any atom is -0.292 e. The summed E-state index contributed by atoms with van der Waals surface area (Å²) in [5.41, 5.74) is 2.32. The third-order valence-electron chi connectivity index (χ3n) is 6.31. The zero-order valence-corrected chi connectivity index (χ0v) is 23.8. The Morgan fingerprint density at radius 2 is 1.74 bits per heavy atom. The van der Waals surface area contributed by atoms with E-state index in [1.54, 1.807) is 41.2 Å². The molecule has 0 saturated carbocycles. The molecule has 1 aromatic heterocycles. The molecule has 2 fully saturated rings. The Kier molecular flexibility index (Phi) is 7.77. The first-order valence-corrected chi connectivity index (χ1v) is 16.3. The lowest BCUT2D eigenvalue weighted by Gasteiger charge is -2.16. The van der Waals surface area contributed by atoms with Crippen molar-refractivity contribution in [2.75, 3.05) is 25.4 Å². The van der Waals surface area contributed by atoms with Crippen LogP contribution in [-0.2, 0) is 24.9 Å². The summed E-state index contributed by atoms with van der Waals surface area (Å²) >= 11 is 6.29. The van der Waals surface area contributed by atoms with Crippen molar-refractivity contribution in [2.24, 2.45) is 0 Å². The molecule has 204 valence electrons. The molecule has 0 radical (unpaired) electrons. The SMILES string of the molecule is O=C1/C(=C/c2cn(-c3ccccc3)nc2-c2cccc(S(=O)(=O)N3CCCC3)c2)SC(=S)N1CCS(=O)(=O)O. The van der Waals surface area contributed by atoms with Crippen LogP contribution in [0.3, 0.4) is 0 Å². The van der Waals surface area contributed by atoms with Crippen LogP contribution in [0.1, 0.15) is 18.4 Å². The average Bonchev–Trinajstić information content (AvgIpc) is 3.64. The third kappa shape index (κ3) is 6.00. The molecule has 2 aliphatic heterocycles. The van der Waals surface area contributed by atoms with Gasteiger partial charge in [0.2, 0.25) is 10.0 Å². The highest BCUT2D eigenvalue weighted by Crippen LogP contribution is 2.35. The lowest BCUT2D eigenvalue weighted by atomic mass is 10.1. The van der Waals surface area contributed by atoms with Crippen LogP contribution < -0.4 is 0 Å². The van der Waals surface area contributed by atoms with E-state index in [1.165, 1.54) is 4.31 Å². The zero-order chi connectivity index (χ0) is 27.8. The van der Waals surface area contributed by atoms with Crippen molar-refractivity contribution < 1.29 is 26.2 Å². The average molecular weight is 605 g/mol. The van der Waals surface area contributed by atoms with Gasteiger partial charge < -0.3 is 0 Å². The van der Waals surface area contributed by atoms with E-state index in [1.807, 2.05) is 30.3 Å². The Morgan fingerprint density at radius 1 is 1.03 bits per heavy atom. The first-order chi connectivity index (χ1) is 18.5. The largest absolute Gasteiger partial charge is 0.292 e. The van der Waals surface area contributed by atoms with Gasteiger partial charge in [0.25, 0.3) is 16.0 Å². The molecule has 14 heteroatoms. The molecule has 39 heavy (non-hydrogen) atoms. The van der Waals surface area contributed by atoms with Crippen LogP contribution in [-0.4, -0.2) is 76.0 Å². The van der Waals surface area contributed by atoms with Crippen LogP contribution in [0, 0.1) is 0 Å². The topological polar surface area (TPSA) is 130 Å². The molecule has 2 aliphatic rings. The first kappa shape index (κ1) is 27.7. The number of thioether (sulfide) groups is 1. The van der Waals surface area contributed by atoms with Gasteiger partial charge in [0.05, 0.1) is 21.2 Å². The maximum Gasteiger partial charge on any atom is 0.266 e.